The molecular formula is C15H30N2O3. The van der Waals surface area contributed by atoms with Gasteiger partial charge < -0.3 is 15.7 Å². The Labute approximate surface area is 122 Å². The number of carboxylic acid groups (broad SMARTS) is 1. The summed E-state index contributed by atoms with van der Waals surface area (Å²) in [5.74, 6) is -0.308. The molecule has 0 aromatic carbocycles. The highest BCUT2D eigenvalue weighted by Gasteiger charge is 2.19. The van der Waals surface area contributed by atoms with Crippen molar-refractivity contribution in [2.45, 2.75) is 65.3 Å². The van der Waals surface area contributed by atoms with Crippen LogP contribution in [0.5, 0.6) is 0 Å². The number of carbonyl (C=O) groups excluding carboxylic acids is 1. The smallest absolute Gasteiger partial charge is 0.305 e. The molecule has 0 aliphatic rings. The highest BCUT2D eigenvalue weighted by Crippen LogP contribution is 2.18. The molecule has 0 spiro atoms. The average Bonchev–Trinajstić information content (AvgIpc) is 2.35. The number of hydrogen-bond acceptors (Lipinski definition) is 3. The average molecular weight is 286 g/mol. The van der Waals surface area contributed by atoms with Crippen molar-refractivity contribution >= 4 is 11.9 Å². The van der Waals surface area contributed by atoms with E-state index in [1.165, 1.54) is 0 Å². The number of rotatable bonds is 11. The van der Waals surface area contributed by atoms with E-state index in [4.69, 9.17) is 10.8 Å². The standard InChI is InChI=1S/C15H30N2O3/c1-4-5-13(8-10-16)6-7-14(18)17(12(2)3)11-9-15(19)20/h12-13H,4-11,16H2,1-3H3,(H,19,20). The van der Waals surface area contributed by atoms with Gasteiger partial charge in [-0.05, 0) is 39.2 Å². The fourth-order valence-electron chi connectivity index (χ4n) is 2.44. The molecule has 0 heterocycles. The maximum Gasteiger partial charge on any atom is 0.305 e. The fourth-order valence-corrected chi connectivity index (χ4v) is 2.44. The second kappa shape index (κ2) is 10.7. The highest BCUT2D eigenvalue weighted by molar-refractivity contribution is 5.77. The van der Waals surface area contributed by atoms with Crippen molar-refractivity contribution in [3.05, 3.63) is 0 Å². The van der Waals surface area contributed by atoms with Crippen LogP contribution in [0.1, 0.15) is 59.3 Å². The SMILES string of the molecule is CCCC(CCN)CCC(=O)N(CCC(=O)O)C(C)C. The van der Waals surface area contributed by atoms with Gasteiger partial charge in [0.1, 0.15) is 0 Å². The Kier molecular flexibility index (Phi) is 10.1. The second-order valence-corrected chi connectivity index (χ2v) is 5.60. The topological polar surface area (TPSA) is 83.6 Å². The van der Waals surface area contributed by atoms with Crippen LogP contribution in [0.4, 0.5) is 0 Å². The Morgan fingerprint density at radius 1 is 1.15 bits per heavy atom. The van der Waals surface area contributed by atoms with Gasteiger partial charge in [-0.3, -0.25) is 9.59 Å². The molecule has 0 saturated heterocycles. The molecule has 0 radical (unpaired) electrons. The molecule has 5 heteroatoms. The van der Waals surface area contributed by atoms with Crippen LogP contribution < -0.4 is 5.73 Å². The monoisotopic (exact) mass is 286 g/mol. The summed E-state index contributed by atoms with van der Waals surface area (Å²) < 4.78 is 0. The van der Waals surface area contributed by atoms with Gasteiger partial charge in [-0.15, -0.1) is 0 Å². The molecule has 5 nitrogen and oxygen atoms in total. The number of nitrogens with two attached hydrogens (primary N) is 1. The molecule has 0 aromatic heterocycles. The Hall–Kier alpha value is -1.10. The number of carboxylic acids is 1. The summed E-state index contributed by atoms with van der Waals surface area (Å²) in [4.78, 5) is 24.5. The Morgan fingerprint density at radius 3 is 2.25 bits per heavy atom. The predicted molar refractivity (Wildman–Crippen MR) is 80.4 cm³/mol. The van der Waals surface area contributed by atoms with Crippen molar-refractivity contribution < 1.29 is 14.7 Å². The first kappa shape index (κ1) is 18.9. The zero-order chi connectivity index (χ0) is 15.5. The second-order valence-electron chi connectivity index (χ2n) is 5.60. The van der Waals surface area contributed by atoms with Crippen LogP contribution >= 0.6 is 0 Å². The number of aliphatic carboxylic acids is 1. The minimum Gasteiger partial charge on any atom is -0.481 e. The van der Waals surface area contributed by atoms with E-state index in [-0.39, 0.29) is 18.4 Å². The lowest BCUT2D eigenvalue weighted by atomic mass is 9.94. The van der Waals surface area contributed by atoms with Gasteiger partial charge in [-0.1, -0.05) is 19.8 Å². The van der Waals surface area contributed by atoms with Crippen molar-refractivity contribution in [2.24, 2.45) is 11.7 Å². The lowest BCUT2D eigenvalue weighted by molar-refractivity contribution is -0.139. The maximum atomic E-state index is 12.2. The summed E-state index contributed by atoms with van der Waals surface area (Å²) in [6.07, 6.45) is 4.50. The summed E-state index contributed by atoms with van der Waals surface area (Å²) in [5.41, 5.74) is 5.59. The molecule has 0 aliphatic heterocycles. The molecule has 1 amide bonds. The first-order valence-electron chi connectivity index (χ1n) is 7.63. The summed E-state index contributed by atoms with van der Waals surface area (Å²) >= 11 is 0. The van der Waals surface area contributed by atoms with E-state index < -0.39 is 5.97 Å². The normalized spacial score (nSPS) is 12.4. The van der Waals surface area contributed by atoms with Crippen molar-refractivity contribution in [2.75, 3.05) is 13.1 Å². The summed E-state index contributed by atoms with van der Waals surface area (Å²) in [7, 11) is 0. The lowest BCUT2D eigenvalue weighted by Crippen LogP contribution is -2.38. The zero-order valence-corrected chi connectivity index (χ0v) is 13.1. The van der Waals surface area contributed by atoms with E-state index in [0.717, 1.165) is 25.7 Å². The minimum atomic E-state index is -0.865. The third kappa shape index (κ3) is 8.15. The lowest BCUT2D eigenvalue weighted by Gasteiger charge is -2.27. The van der Waals surface area contributed by atoms with Crippen molar-refractivity contribution in [1.29, 1.82) is 0 Å². The van der Waals surface area contributed by atoms with E-state index >= 15 is 0 Å². The largest absolute Gasteiger partial charge is 0.481 e. The van der Waals surface area contributed by atoms with Crippen molar-refractivity contribution in [3.8, 4) is 0 Å². The number of amides is 1. The predicted octanol–water partition coefficient (Wildman–Crippen LogP) is 2.24. The van der Waals surface area contributed by atoms with Gasteiger partial charge in [0.2, 0.25) is 5.91 Å². The zero-order valence-electron chi connectivity index (χ0n) is 13.1. The Balaban J connectivity index is 4.32. The van der Waals surface area contributed by atoms with Gasteiger partial charge in [0.25, 0.3) is 0 Å². The van der Waals surface area contributed by atoms with Gasteiger partial charge in [0.15, 0.2) is 0 Å². The first-order valence-corrected chi connectivity index (χ1v) is 7.63. The quantitative estimate of drug-likeness (QED) is 0.610. The molecule has 1 atom stereocenters. The molecular weight excluding hydrogens is 256 g/mol. The molecule has 0 saturated carbocycles. The first-order chi connectivity index (χ1) is 9.42. The van der Waals surface area contributed by atoms with Crippen molar-refractivity contribution in [3.63, 3.8) is 0 Å². The van der Waals surface area contributed by atoms with Gasteiger partial charge in [-0.25, -0.2) is 0 Å². The summed E-state index contributed by atoms with van der Waals surface area (Å²) in [5, 5.41) is 8.73. The van der Waals surface area contributed by atoms with Gasteiger partial charge in [0.05, 0.1) is 6.42 Å². The van der Waals surface area contributed by atoms with Crippen molar-refractivity contribution in [1.82, 2.24) is 4.90 Å². The van der Waals surface area contributed by atoms with E-state index in [1.54, 1.807) is 4.90 Å². The van der Waals surface area contributed by atoms with E-state index in [2.05, 4.69) is 6.92 Å². The molecule has 0 aliphatic carbocycles. The molecule has 0 fully saturated rings. The highest BCUT2D eigenvalue weighted by atomic mass is 16.4. The number of nitrogens with zero attached hydrogens (tertiary/aromatic N) is 1. The molecule has 20 heavy (non-hydrogen) atoms. The molecule has 1 unspecified atom stereocenters. The molecule has 118 valence electrons. The van der Waals surface area contributed by atoms with Gasteiger partial charge >= 0.3 is 5.97 Å². The third-order valence-electron chi connectivity index (χ3n) is 3.55. The Morgan fingerprint density at radius 2 is 1.80 bits per heavy atom. The van der Waals surface area contributed by atoms with E-state index in [1.807, 2.05) is 13.8 Å². The van der Waals surface area contributed by atoms with Crippen LogP contribution in [0.2, 0.25) is 0 Å². The van der Waals surface area contributed by atoms with Crippen LogP contribution in [-0.2, 0) is 9.59 Å². The molecule has 0 bridgehead atoms. The van der Waals surface area contributed by atoms with Crippen LogP contribution in [0.15, 0.2) is 0 Å². The van der Waals surface area contributed by atoms with Gasteiger partial charge in [0, 0.05) is 19.0 Å². The van der Waals surface area contributed by atoms with Gasteiger partial charge in [-0.2, -0.15) is 0 Å². The van der Waals surface area contributed by atoms with Crippen LogP contribution in [0.25, 0.3) is 0 Å². The fraction of sp³-hybridized carbons (Fsp3) is 0.867. The van der Waals surface area contributed by atoms with Crippen LogP contribution in [0.3, 0.4) is 0 Å². The molecule has 0 aromatic rings. The Bertz CT molecular complexity index is 287. The van der Waals surface area contributed by atoms with E-state index in [0.29, 0.717) is 25.4 Å². The minimum absolute atomic E-state index is 0.00507. The third-order valence-corrected chi connectivity index (χ3v) is 3.55. The summed E-state index contributed by atoms with van der Waals surface area (Å²) in [6.45, 7) is 6.93. The molecule has 3 N–H and O–H groups in total. The van der Waals surface area contributed by atoms with E-state index in [9.17, 15) is 9.59 Å². The maximum absolute atomic E-state index is 12.2. The number of carbonyl (C=O) groups is 2. The number of hydrogen-bond donors (Lipinski definition) is 2. The van der Waals surface area contributed by atoms with Crippen LogP contribution in [0, 0.1) is 5.92 Å². The molecule has 0 rings (SSSR count). The van der Waals surface area contributed by atoms with Crippen LogP contribution in [-0.4, -0.2) is 41.0 Å². The summed E-state index contributed by atoms with van der Waals surface area (Å²) in [6, 6.07) is 0.0426.